The summed E-state index contributed by atoms with van der Waals surface area (Å²) in [7, 11) is 1.72. The van der Waals surface area contributed by atoms with Crippen LogP contribution in [0.15, 0.2) is 12.2 Å². The van der Waals surface area contributed by atoms with Gasteiger partial charge in [0.05, 0.1) is 5.92 Å². The first-order valence-electron chi connectivity index (χ1n) is 4.57. The van der Waals surface area contributed by atoms with Gasteiger partial charge >= 0.3 is 5.97 Å². The highest BCUT2D eigenvalue weighted by Crippen LogP contribution is 2.20. The van der Waals surface area contributed by atoms with Gasteiger partial charge in [-0.2, -0.15) is 0 Å². The van der Waals surface area contributed by atoms with E-state index in [1.54, 1.807) is 13.1 Å². The SMILES string of the molecule is Cn1nnnc1NC1C=CC(C(=O)O)C1. The Balaban J connectivity index is 1.97. The van der Waals surface area contributed by atoms with Crippen molar-refractivity contribution in [3.05, 3.63) is 12.2 Å². The molecule has 0 aliphatic heterocycles. The first kappa shape index (κ1) is 9.63. The summed E-state index contributed by atoms with van der Waals surface area (Å²) in [5.41, 5.74) is 0. The summed E-state index contributed by atoms with van der Waals surface area (Å²) >= 11 is 0. The predicted octanol–water partition coefficient (Wildman–Crippen LogP) is -0.349. The molecular formula is C8H11N5O2. The van der Waals surface area contributed by atoms with Crippen molar-refractivity contribution in [3.8, 4) is 0 Å². The fourth-order valence-electron chi connectivity index (χ4n) is 1.51. The highest BCUT2D eigenvalue weighted by molar-refractivity contribution is 5.73. The molecule has 7 heteroatoms. The number of aliphatic carboxylic acids is 1. The average Bonchev–Trinajstić information content (AvgIpc) is 2.77. The van der Waals surface area contributed by atoms with Crippen LogP contribution in [0.2, 0.25) is 0 Å². The highest BCUT2D eigenvalue weighted by Gasteiger charge is 2.24. The van der Waals surface area contributed by atoms with E-state index in [1.165, 1.54) is 4.68 Å². The largest absolute Gasteiger partial charge is 0.481 e. The van der Waals surface area contributed by atoms with Crippen LogP contribution in [-0.2, 0) is 11.8 Å². The zero-order valence-electron chi connectivity index (χ0n) is 8.16. The fourth-order valence-corrected chi connectivity index (χ4v) is 1.51. The smallest absolute Gasteiger partial charge is 0.310 e. The molecule has 0 amide bonds. The number of hydrogen-bond acceptors (Lipinski definition) is 5. The number of carboxylic acids is 1. The van der Waals surface area contributed by atoms with Crippen LogP contribution in [0, 0.1) is 5.92 Å². The van der Waals surface area contributed by atoms with Crippen molar-refractivity contribution >= 4 is 11.9 Å². The molecule has 0 aromatic carbocycles. The van der Waals surface area contributed by atoms with Crippen molar-refractivity contribution in [2.45, 2.75) is 12.5 Å². The van der Waals surface area contributed by atoms with Gasteiger partial charge in [0.2, 0.25) is 5.95 Å². The standard InChI is InChI=1S/C8H11N5O2/c1-13-8(10-11-12-13)9-6-3-2-5(4-6)7(14)15/h2-3,5-6H,4H2,1H3,(H,14,15)(H,9,10,12). The summed E-state index contributed by atoms with van der Waals surface area (Å²) in [4.78, 5) is 10.7. The zero-order chi connectivity index (χ0) is 10.8. The molecule has 0 fully saturated rings. The summed E-state index contributed by atoms with van der Waals surface area (Å²) in [6.45, 7) is 0. The molecule has 2 N–H and O–H groups in total. The number of nitrogens with zero attached hydrogens (tertiary/aromatic N) is 4. The molecule has 0 radical (unpaired) electrons. The van der Waals surface area contributed by atoms with Crippen LogP contribution in [0.1, 0.15) is 6.42 Å². The first-order chi connectivity index (χ1) is 7.16. The van der Waals surface area contributed by atoms with Crippen LogP contribution >= 0.6 is 0 Å². The number of tetrazole rings is 1. The Bertz CT molecular complexity index is 399. The van der Waals surface area contributed by atoms with E-state index in [9.17, 15) is 4.79 Å². The minimum atomic E-state index is -0.799. The lowest BCUT2D eigenvalue weighted by atomic mass is 10.1. The van der Waals surface area contributed by atoms with E-state index in [0.717, 1.165) is 0 Å². The molecule has 1 aromatic heterocycles. The number of carbonyl (C=O) groups is 1. The molecule has 0 spiro atoms. The van der Waals surface area contributed by atoms with Gasteiger partial charge in [0.1, 0.15) is 0 Å². The molecule has 80 valence electrons. The van der Waals surface area contributed by atoms with Gasteiger partial charge in [-0.25, -0.2) is 4.68 Å². The Labute approximate surface area is 85.8 Å². The van der Waals surface area contributed by atoms with Crippen LogP contribution in [-0.4, -0.2) is 37.3 Å². The van der Waals surface area contributed by atoms with E-state index in [-0.39, 0.29) is 6.04 Å². The third-order valence-electron chi connectivity index (χ3n) is 2.34. The Morgan fingerprint density at radius 2 is 2.47 bits per heavy atom. The van der Waals surface area contributed by atoms with Gasteiger partial charge in [0.25, 0.3) is 0 Å². The number of aromatic nitrogens is 4. The quantitative estimate of drug-likeness (QED) is 0.661. The second kappa shape index (κ2) is 3.68. The number of aryl methyl sites for hydroxylation is 1. The lowest BCUT2D eigenvalue weighted by Crippen LogP contribution is -2.20. The molecule has 0 saturated heterocycles. The molecular weight excluding hydrogens is 198 g/mol. The molecule has 0 bridgehead atoms. The van der Waals surface area contributed by atoms with Crippen molar-refractivity contribution in [3.63, 3.8) is 0 Å². The molecule has 0 saturated carbocycles. The van der Waals surface area contributed by atoms with Crippen molar-refractivity contribution < 1.29 is 9.90 Å². The Kier molecular flexibility index (Phi) is 2.36. The molecule has 1 heterocycles. The summed E-state index contributed by atoms with van der Waals surface area (Å²) in [6, 6.07) is -0.0178. The highest BCUT2D eigenvalue weighted by atomic mass is 16.4. The van der Waals surface area contributed by atoms with Gasteiger partial charge in [0.15, 0.2) is 0 Å². The molecule has 1 aromatic rings. The molecule has 2 rings (SSSR count). The molecule has 2 unspecified atom stereocenters. The second-order valence-corrected chi connectivity index (χ2v) is 3.44. The lowest BCUT2D eigenvalue weighted by molar-refractivity contribution is -0.140. The number of anilines is 1. The summed E-state index contributed by atoms with van der Waals surface area (Å²) in [5.74, 6) is -0.675. The maximum Gasteiger partial charge on any atom is 0.310 e. The van der Waals surface area contributed by atoms with Crippen LogP contribution in [0.3, 0.4) is 0 Å². The van der Waals surface area contributed by atoms with Crippen LogP contribution < -0.4 is 5.32 Å². The van der Waals surface area contributed by atoms with Crippen LogP contribution in [0.25, 0.3) is 0 Å². The molecule has 15 heavy (non-hydrogen) atoms. The minimum Gasteiger partial charge on any atom is -0.481 e. The second-order valence-electron chi connectivity index (χ2n) is 3.44. The van der Waals surface area contributed by atoms with Gasteiger partial charge in [-0.3, -0.25) is 4.79 Å². The Morgan fingerprint density at radius 1 is 1.67 bits per heavy atom. The van der Waals surface area contributed by atoms with Crippen molar-refractivity contribution in [1.29, 1.82) is 0 Å². The monoisotopic (exact) mass is 209 g/mol. The van der Waals surface area contributed by atoms with Gasteiger partial charge in [0, 0.05) is 13.1 Å². The molecule has 1 aliphatic rings. The topological polar surface area (TPSA) is 92.9 Å². The number of rotatable bonds is 3. The van der Waals surface area contributed by atoms with Gasteiger partial charge in [-0.1, -0.05) is 17.3 Å². The van der Waals surface area contributed by atoms with E-state index in [0.29, 0.717) is 12.4 Å². The van der Waals surface area contributed by atoms with Gasteiger partial charge < -0.3 is 10.4 Å². The van der Waals surface area contributed by atoms with Gasteiger partial charge in [-0.05, 0) is 16.8 Å². The van der Waals surface area contributed by atoms with E-state index < -0.39 is 11.9 Å². The Morgan fingerprint density at radius 3 is 3.00 bits per heavy atom. The summed E-state index contributed by atoms with van der Waals surface area (Å²) < 4.78 is 1.50. The van der Waals surface area contributed by atoms with Crippen molar-refractivity contribution in [2.75, 3.05) is 5.32 Å². The first-order valence-corrected chi connectivity index (χ1v) is 4.57. The predicted molar refractivity (Wildman–Crippen MR) is 51.1 cm³/mol. The number of carboxylic acid groups (broad SMARTS) is 1. The number of nitrogens with one attached hydrogen (secondary N) is 1. The number of hydrogen-bond donors (Lipinski definition) is 2. The molecule has 2 atom stereocenters. The molecule has 1 aliphatic carbocycles. The van der Waals surface area contributed by atoms with E-state index in [2.05, 4.69) is 20.8 Å². The third-order valence-corrected chi connectivity index (χ3v) is 2.34. The molecule has 7 nitrogen and oxygen atoms in total. The maximum absolute atomic E-state index is 10.7. The van der Waals surface area contributed by atoms with E-state index in [4.69, 9.17) is 5.11 Å². The lowest BCUT2D eigenvalue weighted by Gasteiger charge is -2.10. The van der Waals surface area contributed by atoms with Crippen LogP contribution in [0.4, 0.5) is 5.95 Å². The summed E-state index contributed by atoms with van der Waals surface area (Å²) in [6.07, 6.45) is 4.04. The van der Waals surface area contributed by atoms with Crippen LogP contribution in [0.5, 0.6) is 0 Å². The average molecular weight is 209 g/mol. The minimum absolute atomic E-state index is 0.0178. The summed E-state index contributed by atoms with van der Waals surface area (Å²) in [5, 5.41) is 22.7. The Hall–Kier alpha value is -1.92. The van der Waals surface area contributed by atoms with Crippen molar-refractivity contribution in [1.82, 2.24) is 20.2 Å². The third kappa shape index (κ3) is 1.95. The van der Waals surface area contributed by atoms with Gasteiger partial charge in [-0.15, -0.1) is 0 Å². The normalized spacial score (nSPS) is 24.3. The van der Waals surface area contributed by atoms with E-state index >= 15 is 0 Å². The fraction of sp³-hybridized carbons (Fsp3) is 0.500. The maximum atomic E-state index is 10.7. The zero-order valence-corrected chi connectivity index (χ0v) is 8.16. The van der Waals surface area contributed by atoms with E-state index in [1.807, 2.05) is 6.08 Å². The van der Waals surface area contributed by atoms with Crippen molar-refractivity contribution in [2.24, 2.45) is 13.0 Å².